The van der Waals surface area contributed by atoms with Crippen LogP contribution in [0.15, 0.2) is 60.5 Å². The molecule has 5 nitrogen and oxygen atoms in total. The zero-order chi connectivity index (χ0) is 24.4. The van der Waals surface area contributed by atoms with Gasteiger partial charge in [-0.2, -0.15) is 0 Å². The van der Waals surface area contributed by atoms with Crippen LogP contribution in [0.5, 0.6) is 11.5 Å². The summed E-state index contributed by atoms with van der Waals surface area (Å²) in [5.41, 5.74) is 2.34. The average Bonchev–Trinajstić information content (AvgIpc) is 3.33. The van der Waals surface area contributed by atoms with Gasteiger partial charge in [0.05, 0.1) is 12.0 Å². The highest BCUT2D eigenvalue weighted by Crippen LogP contribution is 2.49. The number of para-hydroxylation sites is 1. The van der Waals surface area contributed by atoms with Crippen molar-refractivity contribution in [3.05, 3.63) is 100 Å². The monoisotopic (exact) mass is 475 g/mol. The Kier molecular flexibility index (Phi) is 4.60. The highest BCUT2D eigenvalue weighted by molar-refractivity contribution is 6.15. The van der Waals surface area contributed by atoms with Crippen molar-refractivity contribution >= 4 is 28.7 Å². The SMILES string of the molecule is Cn1cc(/C=C2\Oc3c(ccc4c3[C@H](c3cc(F)c(F)c(F)c3)CC(=O)O4)C2=O)c2ccccc21. The van der Waals surface area contributed by atoms with Gasteiger partial charge in [-0.3, -0.25) is 9.59 Å². The van der Waals surface area contributed by atoms with Crippen molar-refractivity contribution in [3.8, 4) is 11.5 Å². The molecule has 0 bridgehead atoms. The van der Waals surface area contributed by atoms with Crippen molar-refractivity contribution in [3.63, 3.8) is 0 Å². The lowest BCUT2D eigenvalue weighted by Crippen LogP contribution is -2.22. The van der Waals surface area contributed by atoms with E-state index in [1.165, 1.54) is 12.1 Å². The summed E-state index contributed by atoms with van der Waals surface area (Å²) in [6, 6.07) is 12.3. The molecular weight excluding hydrogens is 459 g/mol. The van der Waals surface area contributed by atoms with Gasteiger partial charge in [0, 0.05) is 41.2 Å². The third kappa shape index (κ3) is 3.24. The summed E-state index contributed by atoms with van der Waals surface area (Å²) < 4.78 is 54.9. The molecule has 0 aliphatic carbocycles. The number of ether oxygens (including phenoxy) is 2. The molecule has 4 aromatic rings. The Balaban J connectivity index is 1.48. The van der Waals surface area contributed by atoms with Crippen LogP contribution in [0.2, 0.25) is 0 Å². The Morgan fingerprint density at radius 1 is 1.00 bits per heavy atom. The molecule has 3 heterocycles. The number of ketones is 1. The van der Waals surface area contributed by atoms with Crippen LogP contribution >= 0.6 is 0 Å². The zero-order valence-corrected chi connectivity index (χ0v) is 18.3. The fourth-order valence-electron chi connectivity index (χ4n) is 4.80. The first-order valence-corrected chi connectivity index (χ1v) is 10.8. The second-order valence-corrected chi connectivity index (χ2v) is 8.54. The fraction of sp³-hybridized carbons (Fsp3) is 0.111. The van der Waals surface area contributed by atoms with E-state index in [-0.39, 0.29) is 40.6 Å². The van der Waals surface area contributed by atoms with Crippen LogP contribution in [0.25, 0.3) is 17.0 Å². The van der Waals surface area contributed by atoms with Gasteiger partial charge < -0.3 is 14.0 Å². The number of halogens is 3. The standard InChI is InChI=1S/C27H16F3NO4/c1-31-12-14(15-4-2-3-5-20(15)31)10-22-26(33)16-6-7-21-24(27(16)35-22)17(11-23(32)34-21)13-8-18(28)25(30)19(29)9-13/h2-10,12,17H,11H2,1H3/b22-10-/t17-/m0/s1. The van der Waals surface area contributed by atoms with E-state index in [4.69, 9.17) is 9.47 Å². The normalized spacial score (nSPS) is 17.9. The smallest absolute Gasteiger partial charge is 0.312 e. The van der Waals surface area contributed by atoms with Gasteiger partial charge in [0.15, 0.2) is 23.2 Å². The second-order valence-electron chi connectivity index (χ2n) is 8.54. The van der Waals surface area contributed by atoms with Crippen LogP contribution in [0, 0.1) is 17.5 Å². The minimum Gasteiger partial charge on any atom is -0.452 e. The summed E-state index contributed by atoms with van der Waals surface area (Å²) >= 11 is 0. The van der Waals surface area contributed by atoms with Gasteiger partial charge >= 0.3 is 5.97 Å². The summed E-state index contributed by atoms with van der Waals surface area (Å²) in [6.45, 7) is 0. The van der Waals surface area contributed by atoms with E-state index in [9.17, 15) is 22.8 Å². The van der Waals surface area contributed by atoms with Gasteiger partial charge in [-0.1, -0.05) is 18.2 Å². The molecule has 1 atom stereocenters. The molecule has 174 valence electrons. The molecule has 0 saturated heterocycles. The Morgan fingerprint density at radius 3 is 2.51 bits per heavy atom. The van der Waals surface area contributed by atoms with E-state index in [0.717, 1.165) is 28.6 Å². The number of fused-ring (bicyclic) bond motifs is 4. The summed E-state index contributed by atoms with van der Waals surface area (Å²) in [5.74, 6) is -5.89. The van der Waals surface area contributed by atoms with Crippen LogP contribution in [-0.4, -0.2) is 16.3 Å². The summed E-state index contributed by atoms with van der Waals surface area (Å²) in [7, 11) is 1.90. The van der Waals surface area contributed by atoms with Crippen molar-refractivity contribution in [2.45, 2.75) is 12.3 Å². The number of carbonyl (C=O) groups is 2. The van der Waals surface area contributed by atoms with E-state index in [2.05, 4.69) is 0 Å². The number of aromatic nitrogens is 1. The van der Waals surface area contributed by atoms with E-state index < -0.39 is 29.3 Å². The first-order chi connectivity index (χ1) is 16.8. The van der Waals surface area contributed by atoms with E-state index in [0.29, 0.717) is 5.56 Å². The van der Waals surface area contributed by atoms with E-state index in [1.807, 2.05) is 42.1 Å². The van der Waals surface area contributed by atoms with Gasteiger partial charge in [-0.25, -0.2) is 13.2 Å². The van der Waals surface area contributed by atoms with Gasteiger partial charge in [0.25, 0.3) is 0 Å². The predicted octanol–water partition coefficient (Wildman–Crippen LogP) is 5.65. The average molecular weight is 475 g/mol. The minimum atomic E-state index is -1.60. The van der Waals surface area contributed by atoms with Crippen molar-refractivity contribution < 1.29 is 32.2 Å². The maximum Gasteiger partial charge on any atom is 0.312 e. The van der Waals surface area contributed by atoms with E-state index >= 15 is 0 Å². The number of benzene rings is 3. The van der Waals surface area contributed by atoms with Gasteiger partial charge in [-0.05, 0) is 42.0 Å². The molecule has 0 saturated carbocycles. The summed E-state index contributed by atoms with van der Waals surface area (Å²) in [4.78, 5) is 25.5. The lowest BCUT2D eigenvalue weighted by atomic mass is 9.84. The molecular formula is C27H16F3NO4. The molecule has 0 amide bonds. The number of Topliss-reactive ketones (excluding diaryl/α,β-unsaturated/α-hetero) is 1. The molecule has 2 aliphatic rings. The summed E-state index contributed by atoms with van der Waals surface area (Å²) in [6.07, 6.45) is 3.26. The maximum absolute atomic E-state index is 14.0. The Hall–Kier alpha value is -4.33. The number of allylic oxidation sites excluding steroid dienone is 1. The molecule has 1 aromatic heterocycles. The molecule has 2 aliphatic heterocycles. The molecule has 0 fully saturated rings. The highest BCUT2D eigenvalue weighted by Gasteiger charge is 2.39. The van der Waals surface area contributed by atoms with Crippen LogP contribution in [0.4, 0.5) is 13.2 Å². The highest BCUT2D eigenvalue weighted by atomic mass is 19.2. The van der Waals surface area contributed by atoms with Crippen LogP contribution in [0.3, 0.4) is 0 Å². The number of rotatable bonds is 2. The van der Waals surface area contributed by atoms with Gasteiger partial charge in [0.1, 0.15) is 11.5 Å². The fourth-order valence-corrected chi connectivity index (χ4v) is 4.80. The quantitative estimate of drug-likeness (QED) is 0.163. The molecule has 0 radical (unpaired) electrons. The Bertz CT molecular complexity index is 1600. The van der Waals surface area contributed by atoms with E-state index in [1.54, 1.807) is 6.08 Å². The van der Waals surface area contributed by atoms with Crippen molar-refractivity contribution in [1.82, 2.24) is 4.57 Å². The minimum absolute atomic E-state index is 0.0373. The van der Waals surface area contributed by atoms with Crippen molar-refractivity contribution in [1.29, 1.82) is 0 Å². The van der Waals surface area contributed by atoms with Crippen molar-refractivity contribution in [2.24, 2.45) is 7.05 Å². The number of hydrogen-bond donors (Lipinski definition) is 0. The number of hydrogen-bond acceptors (Lipinski definition) is 4. The molecule has 0 spiro atoms. The topological polar surface area (TPSA) is 57.5 Å². The second kappa shape index (κ2) is 7.59. The Morgan fingerprint density at radius 2 is 1.74 bits per heavy atom. The molecule has 3 aromatic carbocycles. The number of aryl methyl sites for hydroxylation is 1. The van der Waals surface area contributed by atoms with Gasteiger partial charge in [0.2, 0.25) is 5.78 Å². The van der Waals surface area contributed by atoms with Crippen LogP contribution in [-0.2, 0) is 11.8 Å². The third-order valence-corrected chi connectivity index (χ3v) is 6.40. The molecule has 8 heteroatoms. The number of nitrogens with zero attached hydrogens (tertiary/aromatic N) is 1. The number of esters is 1. The lowest BCUT2D eigenvalue weighted by molar-refractivity contribution is -0.135. The largest absolute Gasteiger partial charge is 0.452 e. The molecule has 0 N–H and O–H groups in total. The molecule has 0 unspecified atom stereocenters. The lowest BCUT2D eigenvalue weighted by Gasteiger charge is -2.26. The number of carbonyl (C=O) groups excluding carboxylic acids is 2. The third-order valence-electron chi connectivity index (χ3n) is 6.40. The van der Waals surface area contributed by atoms with Crippen LogP contribution in [0.1, 0.15) is 39.4 Å². The zero-order valence-electron chi connectivity index (χ0n) is 18.3. The first-order valence-electron chi connectivity index (χ1n) is 10.8. The maximum atomic E-state index is 14.0. The Labute approximate surface area is 197 Å². The molecule has 6 rings (SSSR count). The molecule has 35 heavy (non-hydrogen) atoms. The van der Waals surface area contributed by atoms with Crippen LogP contribution < -0.4 is 9.47 Å². The van der Waals surface area contributed by atoms with Gasteiger partial charge in [-0.15, -0.1) is 0 Å². The van der Waals surface area contributed by atoms with Crippen molar-refractivity contribution in [2.75, 3.05) is 0 Å². The summed E-state index contributed by atoms with van der Waals surface area (Å²) in [5, 5.41) is 0.931. The first kappa shape index (κ1) is 21.2. The predicted molar refractivity (Wildman–Crippen MR) is 121 cm³/mol.